The van der Waals surface area contributed by atoms with Crippen LogP contribution in [0, 0.1) is 6.92 Å². The van der Waals surface area contributed by atoms with Crippen molar-refractivity contribution < 1.29 is 4.74 Å². The smallest absolute Gasteiger partial charge is 0.171 e. The lowest BCUT2D eigenvalue weighted by molar-refractivity contribution is 0.278. The molecule has 2 aliphatic heterocycles. The van der Waals surface area contributed by atoms with Crippen LogP contribution in [0.4, 0.5) is 0 Å². The number of ether oxygens (including phenoxy) is 1. The Hall–Kier alpha value is -1.88. The number of nitrogens with zero attached hydrogens (tertiary/aromatic N) is 3. The molecule has 2 aliphatic rings. The molecule has 0 amide bonds. The zero-order chi connectivity index (χ0) is 14.9. The summed E-state index contributed by atoms with van der Waals surface area (Å²) in [7, 11) is 0. The summed E-state index contributed by atoms with van der Waals surface area (Å²) in [5.41, 5.74) is 1.24. The summed E-state index contributed by atoms with van der Waals surface area (Å²) < 4.78 is 8.14. The third kappa shape index (κ3) is 2.73. The minimum atomic E-state index is 0.480. The van der Waals surface area contributed by atoms with Crippen LogP contribution in [0.25, 0.3) is 0 Å². The third-order valence-corrected chi connectivity index (χ3v) is 4.70. The highest BCUT2D eigenvalue weighted by atomic mass is 16.5. The molecule has 0 spiro atoms. The van der Waals surface area contributed by atoms with Crippen molar-refractivity contribution in [3.05, 3.63) is 41.5 Å². The van der Waals surface area contributed by atoms with E-state index < -0.39 is 0 Å². The molecule has 1 N–H and O–H groups in total. The topological polar surface area (TPSA) is 52.0 Å². The SMILES string of the molecule is Cc1ccc(OCc2nnc3n2CC2CCCC(C3)N2)cc1. The number of aryl methyl sites for hydroxylation is 1. The Labute approximate surface area is 130 Å². The van der Waals surface area contributed by atoms with Crippen molar-refractivity contribution in [2.24, 2.45) is 0 Å². The monoisotopic (exact) mass is 298 g/mol. The maximum Gasteiger partial charge on any atom is 0.171 e. The molecule has 1 aromatic carbocycles. The van der Waals surface area contributed by atoms with Crippen molar-refractivity contribution in [1.82, 2.24) is 20.1 Å². The highest BCUT2D eigenvalue weighted by molar-refractivity contribution is 5.26. The van der Waals surface area contributed by atoms with Crippen LogP contribution in [-0.2, 0) is 19.6 Å². The molecule has 5 nitrogen and oxygen atoms in total. The van der Waals surface area contributed by atoms with Gasteiger partial charge in [0.05, 0.1) is 0 Å². The van der Waals surface area contributed by atoms with Gasteiger partial charge in [0, 0.05) is 25.0 Å². The van der Waals surface area contributed by atoms with Gasteiger partial charge in [-0.05, 0) is 31.9 Å². The molecule has 5 heteroatoms. The zero-order valence-corrected chi connectivity index (χ0v) is 13.0. The lowest BCUT2D eigenvalue weighted by Crippen LogP contribution is -2.43. The molecular weight excluding hydrogens is 276 g/mol. The molecule has 1 saturated heterocycles. The molecule has 2 bridgehead atoms. The number of hydrogen-bond acceptors (Lipinski definition) is 4. The fraction of sp³-hybridized carbons (Fsp3) is 0.529. The molecule has 22 heavy (non-hydrogen) atoms. The largest absolute Gasteiger partial charge is 0.486 e. The molecule has 116 valence electrons. The maximum atomic E-state index is 5.88. The van der Waals surface area contributed by atoms with Crippen LogP contribution < -0.4 is 10.1 Å². The van der Waals surface area contributed by atoms with Gasteiger partial charge in [-0.2, -0.15) is 0 Å². The van der Waals surface area contributed by atoms with Crippen molar-refractivity contribution in [2.75, 3.05) is 0 Å². The van der Waals surface area contributed by atoms with Gasteiger partial charge in [-0.3, -0.25) is 0 Å². The summed E-state index contributed by atoms with van der Waals surface area (Å²) in [6, 6.07) is 9.25. The Bertz CT molecular complexity index is 649. The van der Waals surface area contributed by atoms with E-state index >= 15 is 0 Å². The standard InChI is InChI=1S/C17H22N4O/c1-12-5-7-15(8-6-12)22-11-17-20-19-16-9-13-3-2-4-14(18-13)10-21(16)17/h5-8,13-14,18H,2-4,9-11H2,1H3. The number of aromatic nitrogens is 3. The number of benzene rings is 1. The first-order chi connectivity index (χ1) is 10.8. The first-order valence-corrected chi connectivity index (χ1v) is 8.14. The summed E-state index contributed by atoms with van der Waals surface area (Å²) in [6.45, 7) is 3.52. The van der Waals surface area contributed by atoms with E-state index in [0.29, 0.717) is 18.7 Å². The van der Waals surface area contributed by atoms with E-state index in [0.717, 1.165) is 30.4 Å². The summed E-state index contributed by atoms with van der Waals surface area (Å²) in [4.78, 5) is 0. The fourth-order valence-electron chi connectivity index (χ4n) is 3.48. The third-order valence-electron chi connectivity index (χ3n) is 4.70. The minimum absolute atomic E-state index is 0.480. The molecule has 2 aromatic rings. The number of piperidine rings is 1. The lowest BCUT2D eigenvalue weighted by atomic mass is 9.98. The van der Waals surface area contributed by atoms with Gasteiger partial charge in [-0.1, -0.05) is 24.1 Å². The summed E-state index contributed by atoms with van der Waals surface area (Å²) >= 11 is 0. The number of fused-ring (bicyclic) bond motifs is 3. The highest BCUT2D eigenvalue weighted by Gasteiger charge is 2.28. The van der Waals surface area contributed by atoms with E-state index in [4.69, 9.17) is 4.74 Å². The summed E-state index contributed by atoms with van der Waals surface area (Å²) in [6.07, 6.45) is 4.79. The summed E-state index contributed by atoms with van der Waals surface area (Å²) in [5, 5.41) is 12.5. The van der Waals surface area contributed by atoms with Crippen LogP contribution in [0.1, 0.15) is 36.5 Å². The van der Waals surface area contributed by atoms with Crippen molar-refractivity contribution in [2.45, 2.75) is 57.8 Å². The van der Waals surface area contributed by atoms with E-state index in [1.165, 1.54) is 24.8 Å². The number of nitrogens with one attached hydrogen (secondary N) is 1. The second kappa shape index (κ2) is 5.72. The molecule has 0 saturated carbocycles. The van der Waals surface area contributed by atoms with Gasteiger partial charge in [0.25, 0.3) is 0 Å². The van der Waals surface area contributed by atoms with Crippen LogP contribution in [0.2, 0.25) is 0 Å². The van der Waals surface area contributed by atoms with Crippen LogP contribution in [-0.4, -0.2) is 26.8 Å². The Morgan fingerprint density at radius 1 is 1.18 bits per heavy atom. The second-order valence-corrected chi connectivity index (χ2v) is 6.44. The Balaban J connectivity index is 1.50. The first kappa shape index (κ1) is 13.8. The Morgan fingerprint density at radius 2 is 2.00 bits per heavy atom. The Morgan fingerprint density at radius 3 is 2.86 bits per heavy atom. The maximum absolute atomic E-state index is 5.88. The van der Waals surface area contributed by atoms with Crippen LogP contribution in [0.5, 0.6) is 5.75 Å². The summed E-state index contributed by atoms with van der Waals surface area (Å²) in [5.74, 6) is 2.92. The number of rotatable bonds is 3. The average Bonchev–Trinajstić information content (AvgIpc) is 2.84. The fourth-order valence-corrected chi connectivity index (χ4v) is 3.48. The van der Waals surface area contributed by atoms with Gasteiger partial charge in [-0.15, -0.1) is 10.2 Å². The second-order valence-electron chi connectivity index (χ2n) is 6.44. The van der Waals surface area contributed by atoms with Crippen molar-refractivity contribution in [3.63, 3.8) is 0 Å². The lowest BCUT2D eigenvalue weighted by Gasteiger charge is -2.27. The molecule has 3 heterocycles. The van der Waals surface area contributed by atoms with Gasteiger partial charge in [-0.25, -0.2) is 0 Å². The van der Waals surface area contributed by atoms with E-state index in [-0.39, 0.29) is 0 Å². The van der Waals surface area contributed by atoms with Gasteiger partial charge in [0.15, 0.2) is 5.82 Å². The first-order valence-electron chi connectivity index (χ1n) is 8.14. The van der Waals surface area contributed by atoms with Gasteiger partial charge in [0.1, 0.15) is 18.2 Å². The van der Waals surface area contributed by atoms with Crippen LogP contribution in [0.3, 0.4) is 0 Å². The zero-order valence-electron chi connectivity index (χ0n) is 13.0. The predicted molar refractivity (Wildman–Crippen MR) is 83.8 cm³/mol. The van der Waals surface area contributed by atoms with Crippen molar-refractivity contribution >= 4 is 0 Å². The van der Waals surface area contributed by atoms with Crippen LogP contribution in [0.15, 0.2) is 24.3 Å². The van der Waals surface area contributed by atoms with E-state index in [9.17, 15) is 0 Å². The van der Waals surface area contributed by atoms with Crippen LogP contribution >= 0.6 is 0 Å². The normalized spacial score (nSPS) is 23.7. The minimum Gasteiger partial charge on any atom is -0.486 e. The molecule has 0 aliphatic carbocycles. The van der Waals surface area contributed by atoms with E-state index in [2.05, 4.69) is 39.1 Å². The van der Waals surface area contributed by atoms with Gasteiger partial charge in [0.2, 0.25) is 0 Å². The van der Waals surface area contributed by atoms with E-state index in [1.54, 1.807) is 0 Å². The average molecular weight is 298 g/mol. The highest BCUT2D eigenvalue weighted by Crippen LogP contribution is 2.22. The number of hydrogen-bond donors (Lipinski definition) is 1. The quantitative estimate of drug-likeness (QED) is 0.944. The van der Waals surface area contributed by atoms with Crippen molar-refractivity contribution in [1.29, 1.82) is 0 Å². The molecule has 2 atom stereocenters. The van der Waals surface area contributed by atoms with E-state index in [1.807, 2.05) is 12.1 Å². The molecular formula is C17H22N4O. The molecule has 0 radical (unpaired) electrons. The van der Waals surface area contributed by atoms with Gasteiger partial charge >= 0.3 is 0 Å². The Kier molecular flexibility index (Phi) is 3.58. The van der Waals surface area contributed by atoms with Gasteiger partial charge < -0.3 is 14.6 Å². The molecule has 4 rings (SSSR count). The predicted octanol–water partition coefficient (Wildman–Crippen LogP) is 2.23. The molecule has 1 aromatic heterocycles. The molecule has 2 unspecified atom stereocenters. The van der Waals surface area contributed by atoms with Crippen molar-refractivity contribution in [3.8, 4) is 5.75 Å². The molecule has 1 fully saturated rings.